The topological polar surface area (TPSA) is 30.5 Å². The molecule has 1 saturated heterocycles. The summed E-state index contributed by atoms with van der Waals surface area (Å²) in [6, 6.07) is 0.411. The van der Waals surface area contributed by atoms with Gasteiger partial charge in [0.05, 0.1) is 18.8 Å². The zero-order chi connectivity index (χ0) is 12.0. The van der Waals surface area contributed by atoms with Crippen molar-refractivity contribution in [3.8, 4) is 0 Å². The molecule has 1 fully saturated rings. The Morgan fingerprint density at radius 2 is 1.94 bits per heavy atom. The fraction of sp³-hybridized carbons (Fsp3) is 1.00. The van der Waals surface area contributed by atoms with E-state index in [-0.39, 0.29) is 12.2 Å². The number of halogens is 2. The van der Waals surface area contributed by atoms with E-state index in [0.29, 0.717) is 19.2 Å². The predicted octanol–water partition coefficient (Wildman–Crippen LogP) is 1.81. The van der Waals surface area contributed by atoms with Gasteiger partial charge in [-0.1, -0.05) is 0 Å². The van der Waals surface area contributed by atoms with E-state index >= 15 is 0 Å². The fourth-order valence-electron chi connectivity index (χ4n) is 2.08. The summed E-state index contributed by atoms with van der Waals surface area (Å²) in [6.45, 7) is 4.60. The molecule has 5 heteroatoms. The van der Waals surface area contributed by atoms with Crippen molar-refractivity contribution in [2.45, 2.75) is 51.4 Å². The molecule has 16 heavy (non-hydrogen) atoms. The summed E-state index contributed by atoms with van der Waals surface area (Å²) in [5.41, 5.74) is 0. The van der Waals surface area contributed by atoms with Crippen molar-refractivity contribution in [1.29, 1.82) is 0 Å². The summed E-state index contributed by atoms with van der Waals surface area (Å²) in [6.07, 6.45) is 0.104. The standard InChI is InChI=1S/C11H21F2NO2/c1-8-5-10(6-9(2)16-8)14-3-4-15-7-11(12)13/h8-11,14H,3-7H2,1-2H3. The van der Waals surface area contributed by atoms with Crippen molar-refractivity contribution in [3.63, 3.8) is 0 Å². The van der Waals surface area contributed by atoms with E-state index in [9.17, 15) is 8.78 Å². The lowest BCUT2D eigenvalue weighted by Gasteiger charge is -2.32. The maximum absolute atomic E-state index is 11.8. The van der Waals surface area contributed by atoms with Crippen LogP contribution in [-0.4, -0.2) is 44.4 Å². The third kappa shape index (κ3) is 5.72. The predicted molar refractivity (Wildman–Crippen MR) is 57.9 cm³/mol. The molecule has 0 aliphatic carbocycles. The number of ether oxygens (including phenoxy) is 2. The molecule has 2 unspecified atom stereocenters. The van der Waals surface area contributed by atoms with Crippen LogP contribution < -0.4 is 5.32 Å². The molecule has 0 aromatic carbocycles. The van der Waals surface area contributed by atoms with Crippen LogP contribution in [0.3, 0.4) is 0 Å². The molecule has 3 nitrogen and oxygen atoms in total. The quantitative estimate of drug-likeness (QED) is 0.715. The maximum Gasteiger partial charge on any atom is 0.261 e. The summed E-state index contributed by atoms with van der Waals surface area (Å²) in [5.74, 6) is 0. The van der Waals surface area contributed by atoms with Crippen LogP contribution in [0.4, 0.5) is 8.78 Å². The van der Waals surface area contributed by atoms with Gasteiger partial charge >= 0.3 is 0 Å². The Morgan fingerprint density at radius 1 is 1.31 bits per heavy atom. The van der Waals surface area contributed by atoms with Crippen molar-refractivity contribution in [3.05, 3.63) is 0 Å². The molecule has 1 N–H and O–H groups in total. The van der Waals surface area contributed by atoms with Gasteiger partial charge < -0.3 is 14.8 Å². The molecule has 0 amide bonds. The Hall–Kier alpha value is -0.260. The van der Waals surface area contributed by atoms with Crippen LogP contribution in [0.5, 0.6) is 0 Å². The number of hydrogen-bond donors (Lipinski definition) is 1. The van der Waals surface area contributed by atoms with Crippen LogP contribution in [0.15, 0.2) is 0 Å². The summed E-state index contributed by atoms with van der Waals surface area (Å²) >= 11 is 0. The van der Waals surface area contributed by atoms with Crippen LogP contribution in [0.25, 0.3) is 0 Å². The van der Waals surface area contributed by atoms with E-state index in [1.54, 1.807) is 0 Å². The molecule has 0 saturated carbocycles. The smallest absolute Gasteiger partial charge is 0.261 e. The molecule has 96 valence electrons. The first-order chi connectivity index (χ1) is 7.58. The molecule has 2 atom stereocenters. The SMILES string of the molecule is CC1CC(NCCOCC(F)F)CC(C)O1. The van der Waals surface area contributed by atoms with E-state index in [1.807, 2.05) is 0 Å². The summed E-state index contributed by atoms with van der Waals surface area (Å²) in [4.78, 5) is 0. The van der Waals surface area contributed by atoms with Gasteiger partial charge in [-0.05, 0) is 26.7 Å². The highest BCUT2D eigenvalue weighted by molar-refractivity contribution is 4.78. The highest BCUT2D eigenvalue weighted by Crippen LogP contribution is 2.18. The molecule has 0 aromatic rings. The second-order valence-corrected chi connectivity index (χ2v) is 4.35. The van der Waals surface area contributed by atoms with Gasteiger partial charge in [0.15, 0.2) is 0 Å². The molecule has 0 bridgehead atoms. The molecule has 1 aliphatic heterocycles. The summed E-state index contributed by atoms with van der Waals surface area (Å²) < 4.78 is 33.9. The Balaban J connectivity index is 2.04. The Bertz CT molecular complexity index is 183. The van der Waals surface area contributed by atoms with Gasteiger partial charge in [0.25, 0.3) is 6.43 Å². The van der Waals surface area contributed by atoms with E-state index in [0.717, 1.165) is 12.8 Å². The maximum atomic E-state index is 11.8. The first-order valence-electron chi connectivity index (χ1n) is 5.82. The minimum absolute atomic E-state index is 0.267. The third-order valence-electron chi connectivity index (χ3n) is 2.62. The van der Waals surface area contributed by atoms with Gasteiger partial charge in [0, 0.05) is 12.6 Å². The second-order valence-electron chi connectivity index (χ2n) is 4.35. The molecule has 1 aliphatic rings. The summed E-state index contributed by atoms with van der Waals surface area (Å²) in [7, 11) is 0. The van der Waals surface area contributed by atoms with Crippen molar-refractivity contribution in [1.82, 2.24) is 5.32 Å². The minimum Gasteiger partial charge on any atom is -0.375 e. The number of rotatable bonds is 6. The van der Waals surface area contributed by atoms with Crippen LogP contribution in [0, 0.1) is 0 Å². The lowest BCUT2D eigenvalue weighted by Crippen LogP contribution is -2.42. The van der Waals surface area contributed by atoms with Crippen molar-refractivity contribution in [2.75, 3.05) is 19.8 Å². The normalized spacial score (nSPS) is 30.9. The van der Waals surface area contributed by atoms with E-state index < -0.39 is 13.0 Å². The second kappa shape index (κ2) is 7.14. The largest absolute Gasteiger partial charge is 0.375 e. The van der Waals surface area contributed by atoms with Crippen LogP contribution in [0.2, 0.25) is 0 Å². The minimum atomic E-state index is -2.37. The highest BCUT2D eigenvalue weighted by Gasteiger charge is 2.23. The number of alkyl halides is 2. The first kappa shape index (κ1) is 13.8. The zero-order valence-electron chi connectivity index (χ0n) is 9.92. The van der Waals surface area contributed by atoms with E-state index in [1.165, 1.54) is 0 Å². The van der Waals surface area contributed by atoms with Gasteiger partial charge in [-0.3, -0.25) is 0 Å². The van der Waals surface area contributed by atoms with Crippen molar-refractivity contribution >= 4 is 0 Å². The molecule has 0 radical (unpaired) electrons. The molecular weight excluding hydrogens is 216 g/mol. The first-order valence-corrected chi connectivity index (χ1v) is 5.82. The zero-order valence-corrected chi connectivity index (χ0v) is 9.92. The Morgan fingerprint density at radius 3 is 2.50 bits per heavy atom. The average molecular weight is 237 g/mol. The number of hydrogen-bond acceptors (Lipinski definition) is 3. The monoisotopic (exact) mass is 237 g/mol. The third-order valence-corrected chi connectivity index (χ3v) is 2.62. The van der Waals surface area contributed by atoms with Crippen LogP contribution >= 0.6 is 0 Å². The fourth-order valence-corrected chi connectivity index (χ4v) is 2.08. The molecule has 1 rings (SSSR count). The van der Waals surface area contributed by atoms with Gasteiger partial charge in [0.1, 0.15) is 6.61 Å². The Labute approximate surface area is 95.5 Å². The van der Waals surface area contributed by atoms with Crippen LogP contribution in [-0.2, 0) is 9.47 Å². The molecule has 1 heterocycles. The Kier molecular flexibility index (Phi) is 6.16. The average Bonchev–Trinajstić information content (AvgIpc) is 2.15. The molecular formula is C11H21F2NO2. The van der Waals surface area contributed by atoms with E-state index in [2.05, 4.69) is 19.2 Å². The van der Waals surface area contributed by atoms with Crippen LogP contribution in [0.1, 0.15) is 26.7 Å². The van der Waals surface area contributed by atoms with Gasteiger partial charge in [-0.25, -0.2) is 8.78 Å². The van der Waals surface area contributed by atoms with Crippen molar-refractivity contribution < 1.29 is 18.3 Å². The lowest BCUT2D eigenvalue weighted by atomic mass is 10.00. The van der Waals surface area contributed by atoms with Gasteiger partial charge in [0.2, 0.25) is 0 Å². The molecule has 0 spiro atoms. The lowest BCUT2D eigenvalue weighted by molar-refractivity contribution is -0.0435. The van der Waals surface area contributed by atoms with Crippen molar-refractivity contribution in [2.24, 2.45) is 0 Å². The highest BCUT2D eigenvalue weighted by atomic mass is 19.3. The van der Waals surface area contributed by atoms with Gasteiger partial charge in [-0.15, -0.1) is 0 Å². The molecule has 0 aromatic heterocycles. The number of nitrogens with one attached hydrogen (secondary N) is 1. The van der Waals surface area contributed by atoms with E-state index in [4.69, 9.17) is 9.47 Å². The summed E-state index contributed by atoms with van der Waals surface area (Å²) in [5, 5.41) is 3.31. The van der Waals surface area contributed by atoms with Gasteiger partial charge in [-0.2, -0.15) is 0 Å².